The molecule has 1 aliphatic heterocycles. The summed E-state index contributed by atoms with van der Waals surface area (Å²) in [5.41, 5.74) is 4.98. The molecule has 2 heterocycles. The van der Waals surface area contributed by atoms with Crippen molar-refractivity contribution >= 4 is 29.1 Å². The van der Waals surface area contributed by atoms with Gasteiger partial charge >= 0.3 is 0 Å². The highest BCUT2D eigenvalue weighted by atomic mass is 35.5. The van der Waals surface area contributed by atoms with Gasteiger partial charge in [0.1, 0.15) is 0 Å². The highest BCUT2D eigenvalue weighted by Crippen LogP contribution is 2.27. The maximum Gasteiger partial charge on any atom is 0.255 e. The van der Waals surface area contributed by atoms with Gasteiger partial charge < -0.3 is 4.90 Å². The molecular formula is C23H24Cl2N4O. The first kappa shape index (κ1) is 20.9. The number of nitrogens with zero attached hydrogens (tertiary/aromatic N) is 4. The van der Waals surface area contributed by atoms with Crippen LogP contribution in [-0.2, 0) is 6.54 Å². The molecule has 4 rings (SSSR count). The second-order valence-electron chi connectivity index (χ2n) is 7.57. The summed E-state index contributed by atoms with van der Waals surface area (Å²) in [7, 11) is 0. The first-order chi connectivity index (χ1) is 14.5. The van der Waals surface area contributed by atoms with Crippen molar-refractivity contribution in [1.29, 1.82) is 0 Å². The molecule has 5 nitrogen and oxygen atoms in total. The average molecular weight is 443 g/mol. The summed E-state index contributed by atoms with van der Waals surface area (Å²) in [4.78, 5) is 17.1. The molecule has 0 aliphatic carbocycles. The van der Waals surface area contributed by atoms with Crippen LogP contribution in [0.3, 0.4) is 0 Å². The molecule has 1 amide bonds. The molecule has 2 aromatic carbocycles. The van der Waals surface area contributed by atoms with Crippen molar-refractivity contribution in [2.45, 2.75) is 20.4 Å². The minimum absolute atomic E-state index is 0.0635. The third kappa shape index (κ3) is 4.10. The van der Waals surface area contributed by atoms with E-state index in [0.29, 0.717) is 28.7 Å². The molecule has 0 N–H and O–H groups in total. The standard InChI is InChI=1S/C23H24Cl2N4O/c1-16-20(17(2)29(26-16)18-7-4-3-5-8-18)15-27-11-13-28(14-12-27)23(30)19-9-6-10-21(24)22(19)25/h3-10H,11-15H2,1-2H3. The van der Waals surface area contributed by atoms with E-state index < -0.39 is 0 Å². The Bertz CT molecular complexity index is 1060. The van der Waals surface area contributed by atoms with Crippen LogP contribution >= 0.6 is 23.2 Å². The van der Waals surface area contributed by atoms with E-state index in [9.17, 15) is 4.79 Å². The lowest BCUT2D eigenvalue weighted by atomic mass is 10.1. The van der Waals surface area contributed by atoms with Crippen molar-refractivity contribution in [2.75, 3.05) is 26.2 Å². The van der Waals surface area contributed by atoms with Gasteiger partial charge in [0.05, 0.1) is 27.0 Å². The molecule has 3 aromatic rings. The summed E-state index contributed by atoms with van der Waals surface area (Å²) >= 11 is 12.3. The van der Waals surface area contributed by atoms with E-state index in [-0.39, 0.29) is 5.91 Å². The van der Waals surface area contributed by atoms with Crippen molar-refractivity contribution in [2.24, 2.45) is 0 Å². The van der Waals surface area contributed by atoms with Gasteiger partial charge in [-0.25, -0.2) is 4.68 Å². The Balaban J connectivity index is 1.43. The number of benzene rings is 2. The predicted molar refractivity (Wildman–Crippen MR) is 121 cm³/mol. The lowest BCUT2D eigenvalue weighted by molar-refractivity contribution is 0.0628. The van der Waals surface area contributed by atoms with Crippen LogP contribution < -0.4 is 0 Å². The zero-order valence-electron chi connectivity index (χ0n) is 17.1. The first-order valence-corrected chi connectivity index (χ1v) is 10.8. The number of hydrogen-bond donors (Lipinski definition) is 0. The number of aryl methyl sites for hydroxylation is 1. The maximum atomic E-state index is 12.9. The number of rotatable bonds is 4. The molecule has 0 bridgehead atoms. The van der Waals surface area contributed by atoms with Crippen LogP contribution in [-0.4, -0.2) is 51.7 Å². The van der Waals surface area contributed by atoms with Crippen LogP contribution in [0, 0.1) is 13.8 Å². The number of hydrogen-bond acceptors (Lipinski definition) is 3. The van der Waals surface area contributed by atoms with E-state index in [0.717, 1.165) is 36.7 Å². The zero-order chi connectivity index (χ0) is 21.3. The third-order valence-electron chi connectivity index (χ3n) is 5.67. The van der Waals surface area contributed by atoms with Gasteiger partial charge in [0, 0.05) is 44.0 Å². The van der Waals surface area contributed by atoms with Gasteiger partial charge in [-0.3, -0.25) is 9.69 Å². The lowest BCUT2D eigenvalue weighted by Gasteiger charge is -2.35. The van der Waals surface area contributed by atoms with E-state index in [1.807, 2.05) is 27.8 Å². The van der Waals surface area contributed by atoms with Gasteiger partial charge in [0.2, 0.25) is 0 Å². The van der Waals surface area contributed by atoms with Crippen LogP contribution in [0.1, 0.15) is 27.3 Å². The Morgan fingerprint density at radius 3 is 2.37 bits per heavy atom. The summed E-state index contributed by atoms with van der Waals surface area (Å²) in [6.45, 7) is 7.92. The van der Waals surface area contributed by atoms with Crippen LogP contribution in [0.5, 0.6) is 0 Å². The van der Waals surface area contributed by atoms with Gasteiger partial charge in [-0.2, -0.15) is 5.10 Å². The van der Waals surface area contributed by atoms with Crippen molar-refractivity contribution in [3.63, 3.8) is 0 Å². The van der Waals surface area contributed by atoms with Gasteiger partial charge in [-0.05, 0) is 38.1 Å². The normalized spacial score (nSPS) is 14.9. The van der Waals surface area contributed by atoms with E-state index in [1.54, 1.807) is 18.2 Å². The Labute approximate surface area is 186 Å². The molecule has 0 radical (unpaired) electrons. The number of carbonyl (C=O) groups is 1. The van der Waals surface area contributed by atoms with E-state index in [2.05, 4.69) is 30.9 Å². The Kier molecular flexibility index (Phi) is 6.14. The maximum absolute atomic E-state index is 12.9. The van der Waals surface area contributed by atoms with Crippen LogP contribution in [0.25, 0.3) is 5.69 Å². The van der Waals surface area contributed by atoms with Crippen molar-refractivity contribution in [1.82, 2.24) is 19.6 Å². The molecule has 0 saturated carbocycles. The highest BCUT2D eigenvalue weighted by Gasteiger charge is 2.25. The molecule has 0 spiro atoms. The summed E-state index contributed by atoms with van der Waals surface area (Å²) in [6.07, 6.45) is 0. The fraction of sp³-hybridized carbons (Fsp3) is 0.304. The molecule has 1 fully saturated rings. The van der Waals surface area contributed by atoms with Crippen LogP contribution in [0.15, 0.2) is 48.5 Å². The largest absolute Gasteiger partial charge is 0.336 e. The monoisotopic (exact) mass is 442 g/mol. The highest BCUT2D eigenvalue weighted by molar-refractivity contribution is 6.43. The van der Waals surface area contributed by atoms with Gasteiger partial charge in [0.25, 0.3) is 5.91 Å². The molecule has 30 heavy (non-hydrogen) atoms. The predicted octanol–water partition coefficient (Wildman–Crippen LogP) is 4.75. The molecule has 0 unspecified atom stereocenters. The molecule has 0 atom stereocenters. The van der Waals surface area contributed by atoms with E-state index in [1.165, 1.54) is 5.56 Å². The average Bonchev–Trinajstić information content (AvgIpc) is 3.04. The number of piperazine rings is 1. The fourth-order valence-corrected chi connectivity index (χ4v) is 4.28. The van der Waals surface area contributed by atoms with Crippen LogP contribution in [0.2, 0.25) is 10.0 Å². The minimum Gasteiger partial charge on any atom is -0.336 e. The second-order valence-corrected chi connectivity index (χ2v) is 8.35. The van der Waals surface area contributed by atoms with Crippen molar-refractivity contribution in [3.8, 4) is 5.69 Å². The first-order valence-electron chi connectivity index (χ1n) is 10.0. The molecule has 1 aliphatic rings. The van der Waals surface area contributed by atoms with E-state index in [4.69, 9.17) is 28.3 Å². The van der Waals surface area contributed by atoms with Gasteiger partial charge in [-0.1, -0.05) is 47.5 Å². The second kappa shape index (κ2) is 8.80. The minimum atomic E-state index is -0.0635. The topological polar surface area (TPSA) is 41.4 Å². The van der Waals surface area contributed by atoms with Crippen LogP contribution in [0.4, 0.5) is 0 Å². The van der Waals surface area contributed by atoms with E-state index >= 15 is 0 Å². The van der Waals surface area contributed by atoms with Gasteiger partial charge in [-0.15, -0.1) is 0 Å². The van der Waals surface area contributed by atoms with Gasteiger partial charge in [0.15, 0.2) is 0 Å². The number of amides is 1. The molecular weight excluding hydrogens is 419 g/mol. The Hall–Kier alpha value is -2.34. The summed E-state index contributed by atoms with van der Waals surface area (Å²) in [5, 5.41) is 5.48. The SMILES string of the molecule is Cc1nn(-c2ccccc2)c(C)c1CN1CCN(C(=O)c2cccc(Cl)c2Cl)CC1. The number of aromatic nitrogens is 2. The molecule has 7 heteroatoms. The van der Waals surface area contributed by atoms with Crippen molar-refractivity contribution < 1.29 is 4.79 Å². The lowest BCUT2D eigenvalue weighted by Crippen LogP contribution is -2.48. The summed E-state index contributed by atoms with van der Waals surface area (Å²) in [5.74, 6) is -0.0635. The van der Waals surface area contributed by atoms with Crippen molar-refractivity contribution in [3.05, 3.63) is 81.1 Å². The Morgan fingerprint density at radius 1 is 0.967 bits per heavy atom. The number of para-hydroxylation sites is 1. The summed E-state index contributed by atoms with van der Waals surface area (Å²) < 4.78 is 2.01. The number of halogens is 2. The number of carbonyl (C=O) groups excluding carboxylic acids is 1. The quantitative estimate of drug-likeness (QED) is 0.584. The molecule has 1 aromatic heterocycles. The fourth-order valence-electron chi connectivity index (χ4n) is 3.90. The summed E-state index contributed by atoms with van der Waals surface area (Å²) in [6, 6.07) is 15.4. The molecule has 1 saturated heterocycles. The molecule has 156 valence electrons. The smallest absolute Gasteiger partial charge is 0.255 e. The zero-order valence-corrected chi connectivity index (χ0v) is 18.6. The third-order valence-corrected chi connectivity index (χ3v) is 6.48. The Morgan fingerprint density at radius 2 is 1.67 bits per heavy atom.